The molecule has 0 bridgehead atoms. The van der Waals surface area contributed by atoms with Gasteiger partial charge in [-0.25, -0.2) is 15.2 Å². The maximum atomic E-state index is 14.1. The van der Waals surface area contributed by atoms with Crippen LogP contribution in [0.25, 0.3) is 33.4 Å². The van der Waals surface area contributed by atoms with E-state index < -0.39 is 11.3 Å². The van der Waals surface area contributed by atoms with Gasteiger partial charge in [0.15, 0.2) is 0 Å². The van der Waals surface area contributed by atoms with Gasteiger partial charge >= 0.3 is 6.03 Å². The van der Waals surface area contributed by atoms with E-state index in [1.54, 1.807) is 29.7 Å². The minimum Gasteiger partial charge on any atom is -0.467 e. The molecule has 5 heterocycles. The van der Waals surface area contributed by atoms with Gasteiger partial charge in [0.25, 0.3) is 12.4 Å². The molecular formula is C45H62N8O6S2. The van der Waals surface area contributed by atoms with Crippen molar-refractivity contribution in [2.75, 3.05) is 46.9 Å². The van der Waals surface area contributed by atoms with Crippen LogP contribution in [0.4, 0.5) is 4.79 Å². The van der Waals surface area contributed by atoms with Crippen LogP contribution >= 0.6 is 23.3 Å². The van der Waals surface area contributed by atoms with Gasteiger partial charge in [-0.05, 0) is 93.6 Å². The molecule has 3 aromatic heterocycles. The van der Waals surface area contributed by atoms with Gasteiger partial charge in [-0.15, -0.1) is 11.3 Å². The molecule has 330 valence electrons. The van der Waals surface area contributed by atoms with E-state index >= 15 is 0 Å². The summed E-state index contributed by atoms with van der Waals surface area (Å²) in [6.45, 7) is 16.4. The number of pyridine rings is 1. The lowest BCUT2D eigenvalue weighted by atomic mass is 9.84. The number of thiazole rings is 1. The van der Waals surface area contributed by atoms with Gasteiger partial charge in [0, 0.05) is 92.3 Å². The number of hydrogen-bond acceptors (Lipinski definition) is 11. The number of carbonyl (C=O) groups excluding carboxylic acids is 4. The molecule has 3 unspecified atom stereocenters. The average Bonchev–Trinajstić information content (AvgIpc) is 4.04. The number of aromatic nitrogens is 3. The summed E-state index contributed by atoms with van der Waals surface area (Å²) in [5.74, 6) is -0.606. The van der Waals surface area contributed by atoms with Crippen LogP contribution in [0.15, 0.2) is 41.9 Å². The van der Waals surface area contributed by atoms with Crippen molar-refractivity contribution >= 4 is 58.5 Å². The molecule has 4 aromatic rings. The van der Waals surface area contributed by atoms with Gasteiger partial charge in [-0.1, -0.05) is 33.8 Å². The minimum absolute atomic E-state index is 0.103. The standard InChI is InChI=1S/C45H62N8O6S2/c1-9-52-37-17-16-31(23-33(37)34(25-45(5,6)27-59-28-54)40(52)32-15-14-18-46-39(32)30(4)58-8)36-26-60-38(48-36)24-35(43(56)53-22-11-10-19-47-53)49-42(55)41(29(2)3)61-50(7)44(57)51-20-12-13-21-51/h14-18,23,26,28-30,35,41,47H,9-13,19-22,24-25,27H2,1-8H3,(H,49,55). The Hall–Kier alpha value is -4.51. The van der Waals surface area contributed by atoms with Gasteiger partial charge < -0.3 is 24.3 Å². The molecule has 14 nitrogen and oxygen atoms in total. The summed E-state index contributed by atoms with van der Waals surface area (Å²) >= 11 is 2.67. The maximum absolute atomic E-state index is 14.1. The number of methoxy groups -OCH3 is 1. The predicted molar refractivity (Wildman–Crippen MR) is 242 cm³/mol. The molecule has 2 saturated heterocycles. The zero-order valence-electron chi connectivity index (χ0n) is 36.9. The Morgan fingerprint density at radius 2 is 1.85 bits per heavy atom. The number of hydrogen-bond donors (Lipinski definition) is 2. The molecule has 1 aromatic carbocycles. The zero-order chi connectivity index (χ0) is 43.8. The first-order valence-electron chi connectivity index (χ1n) is 21.4. The topological polar surface area (TPSA) is 151 Å². The van der Waals surface area contributed by atoms with Crippen LogP contribution in [-0.2, 0) is 43.2 Å². The van der Waals surface area contributed by atoms with E-state index in [1.165, 1.54) is 23.3 Å². The third-order valence-corrected chi connectivity index (χ3v) is 13.8. The molecule has 0 aliphatic carbocycles. The lowest BCUT2D eigenvalue weighted by Crippen LogP contribution is -2.57. The summed E-state index contributed by atoms with van der Waals surface area (Å²) in [6, 6.07) is 9.46. The fraction of sp³-hybridized carbons (Fsp3) is 0.556. The van der Waals surface area contributed by atoms with Crippen molar-refractivity contribution in [1.29, 1.82) is 0 Å². The Labute approximate surface area is 368 Å². The van der Waals surface area contributed by atoms with Crippen molar-refractivity contribution in [3.05, 3.63) is 58.2 Å². The number of aryl methyl sites for hydroxylation is 1. The highest BCUT2D eigenvalue weighted by atomic mass is 32.2. The van der Waals surface area contributed by atoms with Crippen LogP contribution in [-0.4, -0.2) is 111 Å². The van der Waals surface area contributed by atoms with Crippen molar-refractivity contribution < 1.29 is 28.7 Å². The van der Waals surface area contributed by atoms with Crippen LogP contribution in [0.2, 0.25) is 0 Å². The van der Waals surface area contributed by atoms with Crippen molar-refractivity contribution in [3.63, 3.8) is 0 Å². The van der Waals surface area contributed by atoms with Crippen molar-refractivity contribution in [2.24, 2.45) is 11.3 Å². The van der Waals surface area contributed by atoms with Crippen LogP contribution in [0.3, 0.4) is 0 Å². The number of carbonyl (C=O) groups is 4. The van der Waals surface area contributed by atoms with Gasteiger partial charge in [0.05, 0.1) is 34.8 Å². The average molecular weight is 875 g/mol. The molecule has 2 N–H and O–H groups in total. The number of benzene rings is 1. The second-order valence-electron chi connectivity index (χ2n) is 17.1. The molecule has 0 spiro atoms. The largest absolute Gasteiger partial charge is 0.467 e. The summed E-state index contributed by atoms with van der Waals surface area (Å²) in [4.78, 5) is 64.4. The van der Waals surface area contributed by atoms with Gasteiger partial charge in [-0.3, -0.25) is 28.7 Å². The monoisotopic (exact) mass is 874 g/mol. The summed E-state index contributed by atoms with van der Waals surface area (Å²) in [7, 11) is 3.40. The number of ether oxygens (including phenoxy) is 2. The number of urea groups is 1. The molecule has 0 saturated carbocycles. The maximum Gasteiger partial charge on any atom is 0.329 e. The second kappa shape index (κ2) is 20.6. The highest BCUT2D eigenvalue weighted by Crippen LogP contribution is 2.42. The fourth-order valence-corrected chi connectivity index (χ4v) is 10.1. The molecule has 2 aliphatic rings. The van der Waals surface area contributed by atoms with E-state index in [0.717, 1.165) is 83.4 Å². The van der Waals surface area contributed by atoms with Gasteiger partial charge in [0.1, 0.15) is 11.3 Å². The molecule has 6 rings (SSSR count). The summed E-state index contributed by atoms with van der Waals surface area (Å²) in [5.41, 5.74) is 9.56. The molecule has 4 amide bonds. The van der Waals surface area contributed by atoms with E-state index in [4.69, 9.17) is 19.4 Å². The van der Waals surface area contributed by atoms with Crippen molar-refractivity contribution in [2.45, 2.75) is 104 Å². The van der Waals surface area contributed by atoms with E-state index in [2.05, 4.69) is 60.3 Å². The zero-order valence-corrected chi connectivity index (χ0v) is 38.5. The van der Waals surface area contributed by atoms with Crippen molar-refractivity contribution in [1.82, 2.24) is 39.5 Å². The van der Waals surface area contributed by atoms with E-state index in [9.17, 15) is 19.2 Å². The highest BCUT2D eigenvalue weighted by Gasteiger charge is 2.35. The number of rotatable bonds is 18. The Morgan fingerprint density at radius 3 is 2.52 bits per heavy atom. The van der Waals surface area contributed by atoms with Gasteiger partial charge in [0.2, 0.25) is 5.91 Å². The number of fused-ring (bicyclic) bond motifs is 1. The summed E-state index contributed by atoms with van der Waals surface area (Å²) in [5, 5.41) is 7.91. The Morgan fingerprint density at radius 1 is 1.10 bits per heavy atom. The number of amides is 4. The Bertz CT molecular complexity index is 2160. The molecule has 3 atom stereocenters. The van der Waals surface area contributed by atoms with E-state index in [-0.39, 0.29) is 48.3 Å². The summed E-state index contributed by atoms with van der Waals surface area (Å²) < 4.78 is 15.0. The summed E-state index contributed by atoms with van der Waals surface area (Å²) in [6.07, 6.45) is 6.17. The van der Waals surface area contributed by atoms with E-state index in [1.807, 2.05) is 37.1 Å². The lowest BCUT2D eigenvalue weighted by molar-refractivity contribution is -0.140. The molecular weight excluding hydrogens is 813 g/mol. The van der Waals surface area contributed by atoms with Crippen LogP contribution in [0, 0.1) is 11.3 Å². The molecule has 2 fully saturated rings. The lowest BCUT2D eigenvalue weighted by Gasteiger charge is -2.32. The molecule has 0 radical (unpaired) electrons. The third kappa shape index (κ3) is 10.8. The number of likely N-dealkylation sites (tertiary alicyclic amines) is 1. The number of nitrogens with one attached hydrogen (secondary N) is 2. The SMILES string of the molecule is CCn1c(-c2cccnc2C(C)OC)c(CC(C)(C)COC=O)c2cc(-c3csc(CC(NC(=O)C(SN(C)C(=O)N4CCCC4)C(C)C)C(=O)N4CCCCN4)n3)ccc21. The Balaban J connectivity index is 1.33. The second-order valence-corrected chi connectivity index (χ2v) is 19.3. The molecule has 16 heteroatoms. The highest BCUT2D eigenvalue weighted by molar-refractivity contribution is 7.98. The first-order chi connectivity index (χ1) is 29.3. The van der Waals surface area contributed by atoms with Crippen LogP contribution < -0.4 is 10.7 Å². The number of nitrogens with zero attached hydrogens (tertiary/aromatic N) is 6. The van der Waals surface area contributed by atoms with Crippen LogP contribution in [0.5, 0.6) is 0 Å². The molecule has 61 heavy (non-hydrogen) atoms. The first-order valence-corrected chi connectivity index (χ1v) is 23.2. The Kier molecular flexibility index (Phi) is 15.5. The fourth-order valence-electron chi connectivity index (χ4n) is 8.27. The first kappa shape index (κ1) is 46.0. The van der Waals surface area contributed by atoms with Crippen molar-refractivity contribution in [3.8, 4) is 22.5 Å². The van der Waals surface area contributed by atoms with Gasteiger partial charge in [-0.2, -0.15) is 0 Å². The predicted octanol–water partition coefficient (Wildman–Crippen LogP) is 7.27. The van der Waals surface area contributed by atoms with E-state index in [0.29, 0.717) is 37.5 Å². The van der Waals surface area contributed by atoms with Crippen LogP contribution in [0.1, 0.15) is 89.6 Å². The normalized spacial score (nSPS) is 16.1. The molecule has 2 aliphatic heterocycles. The minimum atomic E-state index is -0.868. The quantitative estimate of drug-likeness (QED) is 0.0772. The smallest absolute Gasteiger partial charge is 0.329 e. The third-order valence-electron chi connectivity index (χ3n) is 11.5. The number of hydrazine groups is 1.